The molecule has 0 saturated heterocycles. The fourth-order valence-electron chi connectivity index (χ4n) is 6.67. The molecular formula is C38H48O11S. The fraction of sp³-hybridized carbons (Fsp3) is 0.421. The number of carbonyl (C=O) groups excluding carboxylic acids is 2. The first-order valence-electron chi connectivity index (χ1n) is 16.7. The molecule has 0 aliphatic rings. The topological polar surface area (TPSA) is 210 Å². The quantitative estimate of drug-likeness (QED) is 0.0320. The van der Waals surface area contributed by atoms with Gasteiger partial charge in [0.05, 0.1) is 16.9 Å². The molecule has 0 atom stereocenters. The van der Waals surface area contributed by atoms with Gasteiger partial charge in [-0.3, -0.25) is 14.1 Å². The van der Waals surface area contributed by atoms with Crippen LogP contribution in [-0.4, -0.2) is 61.9 Å². The molecule has 0 spiro atoms. The summed E-state index contributed by atoms with van der Waals surface area (Å²) in [6.45, 7) is 12.7. The highest BCUT2D eigenvalue weighted by Crippen LogP contribution is 2.54. The molecular weight excluding hydrogens is 664 g/mol. The van der Waals surface area contributed by atoms with Crippen LogP contribution in [0.15, 0.2) is 12.1 Å². The van der Waals surface area contributed by atoms with Gasteiger partial charge in [0.2, 0.25) is 0 Å². The van der Waals surface area contributed by atoms with Crippen LogP contribution in [-0.2, 0) is 10.1 Å². The van der Waals surface area contributed by atoms with Crippen LogP contribution in [0.2, 0.25) is 0 Å². The minimum Gasteiger partial charge on any atom is -0.507 e. The van der Waals surface area contributed by atoms with Gasteiger partial charge in [-0.2, -0.15) is 8.42 Å². The van der Waals surface area contributed by atoms with Crippen LogP contribution in [0, 0.1) is 13.8 Å². The third-order valence-electron chi connectivity index (χ3n) is 8.98. The third-order valence-corrected chi connectivity index (χ3v) is 9.79. The van der Waals surface area contributed by atoms with E-state index in [-0.39, 0.29) is 50.6 Å². The zero-order valence-corrected chi connectivity index (χ0v) is 30.4. The van der Waals surface area contributed by atoms with Crippen molar-refractivity contribution in [3.63, 3.8) is 0 Å². The van der Waals surface area contributed by atoms with Crippen molar-refractivity contribution in [3.05, 3.63) is 45.5 Å². The fourth-order valence-corrected chi connectivity index (χ4v) is 7.24. The highest BCUT2D eigenvalue weighted by atomic mass is 32.2. The first kappa shape index (κ1) is 39.9. The Morgan fingerprint density at radius 1 is 0.600 bits per heavy atom. The second-order valence-electron chi connectivity index (χ2n) is 13.3. The van der Waals surface area contributed by atoms with Crippen LogP contribution in [0.25, 0.3) is 32.7 Å². The molecule has 272 valence electrons. The first-order valence-corrected chi connectivity index (χ1v) is 18.3. The van der Waals surface area contributed by atoms with Crippen molar-refractivity contribution in [1.29, 1.82) is 0 Å². The smallest absolute Gasteiger partial charge is 0.264 e. The number of rotatable bonds is 12. The van der Waals surface area contributed by atoms with E-state index in [4.69, 9.17) is 4.55 Å². The summed E-state index contributed by atoms with van der Waals surface area (Å²) in [6.07, 6.45) is 6.82. The number of aromatic hydroxyl groups is 6. The lowest BCUT2D eigenvalue weighted by atomic mass is 9.83. The Balaban J connectivity index is 0.000000482. The Morgan fingerprint density at radius 2 is 0.960 bits per heavy atom. The Kier molecular flexibility index (Phi) is 12.8. The molecule has 0 radical (unpaired) electrons. The SMILES string of the molecule is CCCCCCCCS(=O)(=O)O.Cc1cc2c(C(C)C)c(O)c(O)c(C=O)c2c(O)c1-c1c(C)cc2c(C(C)C)c(O)c(O)c(C=O)c2c1O. The molecule has 0 heterocycles. The van der Waals surface area contributed by atoms with E-state index in [1.54, 1.807) is 53.7 Å². The Labute approximate surface area is 292 Å². The van der Waals surface area contributed by atoms with Crippen LogP contribution in [0.3, 0.4) is 0 Å². The molecule has 4 aromatic carbocycles. The highest BCUT2D eigenvalue weighted by molar-refractivity contribution is 7.85. The van der Waals surface area contributed by atoms with E-state index in [0.717, 1.165) is 12.8 Å². The van der Waals surface area contributed by atoms with Crippen molar-refractivity contribution >= 4 is 44.2 Å². The number of aryl methyl sites for hydroxylation is 2. The maximum atomic E-state index is 12.0. The molecule has 0 aromatic heterocycles. The molecule has 50 heavy (non-hydrogen) atoms. The van der Waals surface area contributed by atoms with E-state index in [0.29, 0.717) is 52.0 Å². The average Bonchev–Trinajstić information content (AvgIpc) is 3.02. The minimum absolute atomic E-state index is 0.00512. The highest BCUT2D eigenvalue weighted by Gasteiger charge is 2.29. The number of phenolic OH excluding ortho intramolecular Hbond substituents is 6. The van der Waals surface area contributed by atoms with Gasteiger partial charge >= 0.3 is 0 Å². The molecule has 0 unspecified atom stereocenters. The Bertz CT molecular complexity index is 1920. The van der Waals surface area contributed by atoms with Crippen molar-refractivity contribution < 1.29 is 53.2 Å². The second-order valence-corrected chi connectivity index (χ2v) is 14.9. The normalized spacial score (nSPS) is 11.7. The number of benzene rings is 4. The van der Waals surface area contributed by atoms with Crippen LogP contribution in [0.5, 0.6) is 34.5 Å². The maximum absolute atomic E-state index is 12.0. The van der Waals surface area contributed by atoms with Crippen molar-refractivity contribution in [3.8, 4) is 45.6 Å². The number of aldehydes is 2. The number of fused-ring (bicyclic) bond motifs is 2. The van der Waals surface area contributed by atoms with Gasteiger partial charge in [0, 0.05) is 33.0 Å². The Hall–Kier alpha value is -4.55. The summed E-state index contributed by atoms with van der Waals surface area (Å²) in [6, 6.07) is 3.31. The first-order chi connectivity index (χ1) is 23.4. The van der Waals surface area contributed by atoms with Gasteiger partial charge in [-0.1, -0.05) is 78.9 Å². The molecule has 0 aliphatic heterocycles. The molecule has 4 aromatic rings. The van der Waals surface area contributed by atoms with Crippen molar-refractivity contribution in [2.45, 2.75) is 98.8 Å². The average molecular weight is 713 g/mol. The zero-order chi connectivity index (χ0) is 37.8. The number of hydrogen-bond acceptors (Lipinski definition) is 10. The molecule has 12 heteroatoms. The number of unbranched alkanes of at least 4 members (excludes halogenated alkanes) is 5. The molecule has 0 fully saturated rings. The molecule has 0 saturated carbocycles. The van der Waals surface area contributed by atoms with Gasteiger partial charge in [0.1, 0.15) is 11.5 Å². The Morgan fingerprint density at radius 3 is 1.28 bits per heavy atom. The monoisotopic (exact) mass is 712 g/mol. The van der Waals surface area contributed by atoms with Crippen LogP contribution >= 0.6 is 0 Å². The number of carbonyl (C=O) groups is 2. The largest absolute Gasteiger partial charge is 0.507 e. The van der Waals surface area contributed by atoms with Gasteiger partial charge in [-0.15, -0.1) is 0 Å². The van der Waals surface area contributed by atoms with E-state index in [1.807, 2.05) is 0 Å². The summed E-state index contributed by atoms with van der Waals surface area (Å²) >= 11 is 0. The van der Waals surface area contributed by atoms with E-state index in [9.17, 15) is 48.6 Å². The van der Waals surface area contributed by atoms with Gasteiger partial charge in [-0.05, 0) is 54.0 Å². The summed E-state index contributed by atoms with van der Waals surface area (Å²) in [5.41, 5.74) is 1.33. The second kappa shape index (κ2) is 16.0. The third kappa shape index (κ3) is 7.76. The zero-order valence-electron chi connectivity index (χ0n) is 29.6. The van der Waals surface area contributed by atoms with E-state index in [1.165, 1.54) is 19.3 Å². The lowest BCUT2D eigenvalue weighted by Crippen LogP contribution is -2.03. The van der Waals surface area contributed by atoms with Crippen LogP contribution in [0.4, 0.5) is 0 Å². The standard InChI is InChI=1S/C30H30O8.C8H18O3S/c1-11(2)19-15-7-13(5)21(27(35)23(15)17(9-31)25(33)29(19)37)22-14(6)8-16-20(12(3)4)30(38)26(34)18(10-32)24(16)28(22)36;1-2-3-4-5-6-7-8-12(9,10)11/h7-12,33-38H,1-6H3;2-8H2,1H3,(H,9,10,11). The van der Waals surface area contributed by atoms with Gasteiger partial charge in [-0.25, -0.2) is 0 Å². The van der Waals surface area contributed by atoms with E-state index < -0.39 is 44.6 Å². The van der Waals surface area contributed by atoms with E-state index in [2.05, 4.69) is 6.92 Å². The van der Waals surface area contributed by atoms with Gasteiger partial charge in [0.25, 0.3) is 10.1 Å². The molecule has 0 amide bonds. The summed E-state index contributed by atoms with van der Waals surface area (Å²) in [7, 11) is -3.72. The molecule has 4 rings (SSSR count). The summed E-state index contributed by atoms with van der Waals surface area (Å²) < 4.78 is 28.9. The molecule has 11 nitrogen and oxygen atoms in total. The molecule has 0 aliphatic carbocycles. The van der Waals surface area contributed by atoms with Gasteiger partial charge < -0.3 is 30.6 Å². The van der Waals surface area contributed by atoms with E-state index >= 15 is 0 Å². The lowest BCUT2D eigenvalue weighted by molar-refractivity contribution is 0.111. The molecule has 0 bridgehead atoms. The minimum atomic E-state index is -3.72. The number of hydrogen-bond donors (Lipinski definition) is 7. The lowest BCUT2D eigenvalue weighted by Gasteiger charge is -2.23. The summed E-state index contributed by atoms with van der Waals surface area (Å²) in [5, 5.41) is 66.4. The maximum Gasteiger partial charge on any atom is 0.264 e. The summed E-state index contributed by atoms with van der Waals surface area (Å²) in [4.78, 5) is 24.0. The predicted molar refractivity (Wildman–Crippen MR) is 195 cm³/mol. The van der Waals surface area contributed by atoms with Crippen LogP contribution in [0.1, 0.15) is 128 Å². The van der Waals surface area contributed by atoms with Crippen molar-refractivity contribution in [1.82, 2.24) is 0 Å². The van der Waals surface area contributed by atoms with Crippen molar-refractivity contribution in [2.75, 3.05) is 5.75 Å². The van der Waals surface area contributed by atoms with Crippen LogP contribution < -0.4 is 0 Å². The van der Waals surface area contributed by atoms with Gasteiger partial charge in [0.15, 0.2) is 35.6 Å². The van der Waals surface area contributed by atoms with Crippen molar-refractivity contribution in [2.24, 2.45) is 0 Å². The molecule has 7 N–H and O–H groups in total. The predicted octanol–water partition coefficient (Wildman–Crippen LogP) is 8.62. The summed E-state index contributed by atoms with van der Waals surface area (Å²) in [5.74, 6) is -3.66. The number of phenols is 6.